The summed E-state index contributed by atoms with van der Waals surface area (Å²) in [6.45, 7) is 2.21. The lowest BCUT2D eigenvalue weighted by atomic mass is 9.77. The minimum absolute atomic E-state index is 0.256. The Kier molecular flexibility index (Phi) is 11.3. The number of aliphatic carboxylic acids is 2. The Morgan fingerprint density at radius 2 is 1.68 bits per heavy atom. The first-order chi connectivity index (χ1) is 12.0. The van der Waals surface area contributed by atoms with Crippen LogP contribution in [0.5, 0.6) is 0 Å². The van der Waals surface area contributed by atoms with Crippen LogP contribution in [-0.4, -0.2) is 22.2 Å². The normalized spacial score (nSPS) is 20.3. The van der Waals surface area contributed by atoms with E-state index in [0.717, 1.165) is 63.4 Å². The third-order valence-electron chi connectivity index (χ3n) is 5.35. The Labute approximate surface area is 152 Å². The van der Waals surface area contributed by atoms with Crippen LogP contribution < -0.4 is 0 Å². The van der Waals surface area contributed by atoms with E-state index in [9.17, 15) is 14.7 Å². The van der Waals surface area contributed by atoms with Crippen molar-refractivity contribution in [3.05, 3.63) is 11.6 Å². The molecule has 0 fully saturated rings. The van der Waals surface area contributed by atoms with Crippen LogP contribution in [-0.2, 0) is 9.59 Å². The van der Waals surface area contributed by atoms with Gasteiger partial charge in [-0.3, -0.25) is 9.59 Å². The fourth-order valence-electron chi connectivity index (χ4n) is 3.81. The van der Waals surface area contributed by atoms with Crippen molar-refractivity contribution in [2.75, 3.05) is 0 Å². The van der Waals surface area contributed by atoms with Gasteiger partial charge in [0.25, 0.3) is 0 Å². The number of hydrogen-bond acceptors (Lipinski definition) is 2. The van der Waals surface area contributed by atoms with Crippen LogP contribution in [0.25, 0.3) is 0 Å². The van der Waals surface area contributed by atoms with E-state index < -0.39 is 11.9 Å². The predicted octanol–water partition coefficient (Wildman–Crippen LogP) is 5.81. The van der Waals surface area contributed by atoms with Crippen molar-refractivity contribution in [1.29, 1.82) is 0 Å². The van der Waals surface area contributed by atoms with Crippen LogP contribution in [0.1, 0.15) is 96.8 Å². The Balaban J connectivity index is 2.28. The lowest BCUT2D eigenvalue weighted by Crippen LogP contribution is -2.23. The molecule has 4 heteroatoms. The maximum atomic E-state index is 11.6. The molecule has 0 aromatic carbocycles. The van der Waals surface area contributed by atoms with E-state index in [0.29, 0.717) is 5.92 Å². The fourth-order valence-corrected chi connectivity index (χ4v) is 3.81. The van der Waals surface area contributed by atoms with Crippen LogP contribution in [0.3, 0.4) is 0 Å². The topological polar surface area (TPSA) is 74.6 Å². The van der Waals surface area contributed by atoms with E-state index in [-0.39, 0.29) is 12.3 Å². The van der Waals surface area contributed by atoms with E-state index in [4.69, 9.17) is 5.11 Å². The maximum absolute atomic E-state index is 11.6. The van der Waals surface area contributed by atoms with Crippen molar-refractivity contribution in [1.82, 2.24) is 0 Å². The molecular formula is C21H36O4. The molecule has 0 heterocycles. The predicted molar refractivity (Wildman–Crippen MR) is 101 cm³/mol. The van der Waals surface area contributed by atoms with E-state index in [2.05, 4.69) is 13.0 Å². The molecule has 0 spiro atoms. The van der Waals surface area contributed by atoms with E-state index in [1.807, 2.05) is 0 Å². The molecule has 2 atom stereocenters. The summed E-state index contributed by atoms with van der Waals surface area (Å²) in [6, 6.07) is 0. The van der Waals surface area contributed by atoms with Crippen molar-refractivity contribution in [3.8, 4) is 0 Å². The molecule has 25 heavy (non-hydrogen) atoms. The second-order valence-corrected chi connectivity index (χ2v) is 7.52. The highest BCUT2D eigenvalue weighted by atomic mass is 16.4. The minimum Gasteiger partial charge on any atom is -0.481 e. The number of carbonyl (C=O) groups is 2. The van der Waals surface area contributed by atoms with Gasteiger partial charge < -0.3 is 10.2 Å². The lowest BCUT2D eigenvalue weighted by molar-refractivity contribution is -0.141. The molecule has 0 aliphatic heterocycles. The third-order valence-corrected chi connectivity index (χ3v) is 5.35. The van der Waals surface area contributed by atoms with Crippen LogP contribution in [0.4, 0.5) is 0 Å². The smallest absolute Gasteiger partial charge is 0.310 e. The molecule has 2 N–H and O–H groups in total. The molecule has 0 amide bonds. The molecule has 0 radical (unpaired) electrons. The Morgan fingerprint density at radius 1 is 1.00 bits per heavy atom. The molecule has 1 rings (SSSR count). The summed E-state index contributed by atoms with van der Waals surface area (Å²) >= 11 is 0. The molecule has 144 valence electrons. The molecule has 2 unspecified atom stereocenters. The van der Waals surface area contributed by atoms with Crippen molar-refractivity contribution in [2.45, 2.75) is 96.8 Å². The van der Waals surface area contributed by atoms with E-state index in [1.54, 1.807) is 0 Å². The zero-order chi connectivity index (χ0) is 18.5. The zero-order valence-corrected chi connectivity index (χ0v) is 15.8. The van der Waals surface area contributed by atoms with Crippen LogP contribution >= 0.6 is 0 Å². The standard InChI is InChI=1S/C21H36O4/c1-2-3-4-8-11-17-14-15-18(19(16-17)21(24)25)12-9-6-5-7-10-13-20(22)23/h15,17,19H,2-14,16H2,1H3,(H,22,23)(H,24,25). The third kappa shape index (κ3) is 9.66. The first kappa shape index (κ1) is 21.7. The largest absolute Gasteiger partial charge is 0.481 e. The Bertz CT molecular complexity index is 428. The number of rotatable bonds is 14. The van der Waals surface area contributed by atoms with Gasteiger partial charge in [-0.25, -0.2) is 0 Å². The van der Waals surface area contributed by atoms with Gasteiger partial charge in [0.15, 0.2) is 0 Å². The lowest BCUT2D eigenvalue weighted by Gasteiger charge is -2.27. The van der Waals surface area contributed by atoms with Crippen molar-refractivity contribution < 1.29 is 19.8 Å². The summed E-state index contributed by atoms with van der Waals surface area (Å²) in [7, 11) is 0. The molecule has 0 saturated heterocycles. The van der Waals surface area contributed by atoms with E-state index >= 15 is 0 Å². The second kappa shape index (κ2) is 13.0. The van der Waals surface area contributed by atoms with Gasteiger partial charge in [-0.05, 0) is 38.0 Å². The summed E-state index contributed by atoms with van der Waals surface area (Å²) in [4.78, 5) is 22.1. The van der Waals surface area contributed by atoms with Gasteiger partial charge in [0.05, 0.1) is 5.92 Å². The highest BCUT2D eigenvalue weighted by Crippen LogP contribution is 2.35. The number of carboxylic acid groups (broad SMARTS) is 2. The molecule has 1 aliphatic rings. The summed E-state index contributed by atoms with van der Waals surface area (Å²) in [5.41, 5.74) is 1.13. The van der Waals surface area contributed by atoms with Crippen LogP contribution in [0.15, 0.2) is 11.6 Å². The molecular weight excluding hydrogens is 316 g/mol. The molecule has 0 aromatic rings. The van der Waals surface area contributed by atoms with Gasteiger partial charge in [0, 0.05) is 6.42 Å². The molecule has 4 nitrogen and oxygen atoms in total. The van der Waals surface area contributed by atoms with E-state index in [1.165, 1.54) is 25.7 Å². The van der Waals surface area contributed by atoms with Crippen molar-refractivity contribution in [2.24, 2.45) is 11.8 Å². The minimum atomic E-state index is -0.721. The number of unbranched alkanes of at least 4 members (excludes halogenated alkanes) is 7. The second-order valence-electron chi connectivity index (χ2n) is 7.52. The first-order valence-corrected chi connectivity index (χ1v) is 10.2. The average molecular weight is 353 g/mol. The van der Waals surface area contributed by atoms with Gasteiger partial charge in [0.1, 0.15) is 0 Å². The van der Waals surface area contributed by atoms with Crippen LogP contribution in [0, 0.1) is 11.8 Å². The summed E-state index contributed by atoms with van der Waals surface area (Å²) < 4.78 is 0. The highest BCUT2D eigenvalue weighted by Gasteiger charge is 2.28. The van der Waals surface area contributed by atoms with Gasteiger partial charge >= 0.3 is 11.9 Å². The van der Waals surface area contributed by atoms with Crippen molar-refractivity contribution in [3.63, 3.8) is 0 Å². The fraction of sp³-hybridized carbons (Fsp3) is 0.810. The molecule has 0 saturated carbocycles. The Morgan fingerprint density at radius 3 is 2.36 bits per heavy atom. The maximum Gasteiger partial charge on any atom is 0.310 e. The van der Waals surface area contributed by atoms with Gasteiger partial charge in [-0.2, -0.15) is 0 Å². The number of carboxylic acids is 2. The van der Waals surface area contributed by atoms with Crippen LogP contribution in [0.2, 0.25) is 0 Å². The molecule has 0 aromatic heterocycles. The summed E-state index contributed by atoms with van der Waals surface area (Å²) in [5, 5.41) is 18.2. The summed E-state index contributed by atoms with van der Waals surface area (Å²) in [6.07, 6.45) is 16.2. The Hall–Kier alpha value is -1.32. The zero-order valence-electron chi connectivity index (χ0n) is 15.8. The van der Waals surface area contributed by atoms with Gasteiger partial charge in [0.2, 0.25) is 0 Å². The quantitative estimate of drug-likeness (QED) is 0.305. The highest BCUT2D eigenvalue weighted by molar-refractivity contribution is 5.73. The van der Waals surface area contributed by atoms with Crippen molar-refractivity contribution >= 4 is 11.9 Å². The first-order valence-electron chi connectivity index (χ1n) is 10.2. The molecule has 1 aliphatic carbocycles. The van der Waals surface area contributed by atoms with Gasteiger partial charge in [-0.15, -0.1) is 0 Å². The summed E-state index contributed by atoms with van der Waals surface area (Å²) in [5.74, 6) is -1.12. The number of hydrogen-bond donors (Lipinski definition) is 2. The monoisotopic (exact) mass is 352 g/mol. The SMILES string of the molecule is CCCCCCC1CC=C(CCCCCCCC(=O)O)C(C(=O)O)C1. The number of allylic oxidation sites excluding steroid dienone is 1. The molecule has 0 bridgehead atoms. The van der Waals surface area contributed by atoms with Gasteiger partial charge in [-0.1, -0.05) is 69.9 Å². The average Bonchev–Trinajstić information content (AvgIpc) is 2.58.